The first-order valence-corrected chi connectivity index (χ1v) is 6.95. The second-order valence-corrected chi connectivity index (χ2v) is 5.13. The van der Waals surface area contributed by atoms with E-state index in [1.165, 1.54) is 12.8 Å². The van der Waals surface area contributed by atoms with Gasteiger partial charge in [0.2, 0.25) is 6.21 Å². The molecule has 18 heavy (non-hydrogen) atoms. The van der Waals surface area contributed by atoms with E-state index in [0.29, 0.717) is 0 Å². The molecule has 5 heteroatoms. The highest BCUT2D eigenvalue weighted by Gasteiger charge is 2.19. The number of allylic oxidation sites excluding steroid dienone is 1. The van der Waals surface area contributed by atoms with Gasteiger partial charge in [-0.05, 0) is 25.7 Å². The second-order valence-electron chi connectivity index (χ2n) is 5.13. The van der Waals surface area contributed by atoms with Crippen LogP contribution in [0.25, 0.3) is 0 Å². The van der Waals surface area contributed by atoms with Crippen LogP contribution in [-0.2, 0) is 0 Å². The van der Waals surface area contributed by atoms with E-state index in [4.69, 9.17) is 0 Å². The Balaban J connectivity index is 2.06. The zero-order chi connectivity index (χ0) is 12.8. The Kier molecular flexibility index (Phi) is 4.73. The number of nitro groups is 1. The van der Waals surface area contributed by atoms with E-state index in [2.05, 4.69) is 9.48 Å². The molecule has 2 rings (SSSR count). The molecule has 2 aliphatic rings. The Labute approximate surface area is 108 Å². The summed E-state index contributed by atoms with van der Waals surface area (Å²) >= 11 is 0. The van der Waals surface area contributed by atoms with Gasteiger partial charge in [0.1, 0.15) is 13.1 Å². The first kappa shape index (κ1) is 13.1. The van der Waals surface area contributed by atoms with Gasteiger partial charge >= 0.3 is 5.70 Å². The first-order valence-electron chi connectivity index (χ1n) is 6.95. The van der Waals surface area contributed by atoms with Crippen molar-refractivity contribution in [2.24, 2.45) is 0 Å². The highest BCUT2D eigenvalue weighted by atomic mass is 16.6. The van der Waals surface area contributed by atoms with E-state index >= 15 is 0 Å². The quantitative estimate of drug-likeness (QED) is 0.437. The molecule has 5 nitrogen and oxygen atoms in total. The van der Waals surface area contributed by atoms with E-state index in [1.807, 2.05) is 0 Å². The summed E-state index contributed by atoms with van der Waals surface area (Å²) in [5.41, 5.74) is 0.235. The van der Waals surface area contributed by atoms with Gasteiger partial charge in [-0.2, -0.15) is 0 Å². The molecule has 0 aromatic carbocycles. The number of likely N-dealkylation sites (tertiary alicyclic amines) is 1. The number of nitrogens with zero attached hydrogens (tertiary/aromatic N) is 3. The molecule has 2 aliphatic heterocycles. The van der Waals surface area contributed by atoms with Gasteiger partial charge in [-0.15, -0.1) is 0 Å². The maximum absolute atomic E-state index is 11.1. The summed E-state index contributed by atoms with van der Waals surface area (Å²) < 4.78 is 2.09. The lowest BCUT2D eigenvalue weighted by molar-refractivity contribution is -0.538. The van der Waals surface area contributed by atoms with E-state index in [0.717, 1.165) is 51.9 Å². The molecule has 0 radical (unpaired) electrons. The maximum Gasteiger partial charge on any atom is 0.347 e. The van der Waals surface area contributed by atoms with Gasteiger partial charge in [0.05, 0.1) is 11.1 Å². The summed E-state index contributed by atoms with van der Waals surface area (Å²) in [5, 5.41) is 11.1. The average molecular weight is 252 g/mol. The smallest absolute Gasteiger partial charge is 0.347 e. The zero-order valence-corrected chi connectivity index (χ0v) is 10.9. The second kappa shape index (κ2) is 6.52. The Morgan fingerprint density at radius 2 is 1.67 bits per heavy atom. The highest BCUT2D eigenvalue weighted by molar-refractivity contribution is 5.70. The van der Waals surface area contributed by atoms with Crippen LogP contribution < -0.4 is 0 Å². The fourth-order valence-electron chi connectivity index (χ4n) is 2.60. The lowest BCUT2D eigenvalue weighted by atomic mass is 10.1. The minimum absolute atomic E-state index is 0.235. The summed E-state index contributed by atoms with van der Waals surface area (Å²) in [6, 6.07) is 0. The van der Waals surface area contributed by atoms with Gasteiger partial charge in [0.25, 0.3) is 0 Å². The molecular weight excluding hydrogens is 230 g/mol. The van der Waals surface area contributed by atoms with Crippen LogP contribution in [0.4, 0.5) is 0 Å². The Morgan fingerprint density at radius 3 is 2.28 bits per heavy atom. The van der Waals surface area contributed by atoms with Crippen LogP contribution in [0.15, 0.2) is 11.9 Å². The van der Waals surface area contributed by atoms with Crippen molar-refractivity contribution in [3.8, 4) is 0 Å². The largest absolute Gasteiger partial charge is 0.372 e. The summed E-state index contributed by atoms with van der Waals surface area (Å²) in [6.07, 6.45) is 10.5. The Morgan fingerprint density at radius 1 is 1.06 bits per heavy atom. The minimum Gasteiger partial charge on any atom is -0.372 e. The normalized spacial score (nSPS) is 21.9. The van der Waals surface area contributed by atoms with Crippen molar-refractivity contribution in [1.82, 2.24) is 4.90 Å². The molecule has 0 atom stereocenters. The van der Waals surface area contributed by atoms with Crippen molar-refractivity contribution in [2.45, 2.75) is 38.5 Å². The molecule has 0 aromatic heterocycles. The van der Waals surface area contributed by atoms with E-state index in [-0.39, 0.29) is 10.6 Å². The minimum atomic E-state index is -0.261. The summed E-state index contributed by atoms with van der Waals surface area (Å²) in [4.78, 5) is 12.9. The molecule has 100 valence electrons. The molecule has 0 saturated carbocycles. The van der Waals surface area contributed by atoms with Gasteiger partial charge in [-0.3, -0.25) is 10.1 Å². The van der Waals surface area contributed by atoms with E-state index in [9.17, 15) is 10.1 Å². The predicted molar refractivity (Wildman–Crippen MR) is 70.4 cm³/mol. The maximum atomic E-state index is 11.1. The van der Waals surface area contributed by atoms with Crippen molar-refractivity contribution < 1.29 is 9.50 Å². The Bertz CT molecular complexity index is 349. The number of piperidine rings is 2. The van der Waals surface area contributed by atoms with Crippen molar-refractivity contribution in [1.29, 1.82) is 0 Å². The van der Waals surface area contributed by atoms with Crippen LogP contribution in [0.3, 0.4) is 0 Å². The zero-order valence-electron chi connectivity index (χ0n) is 10.9. The number of rotatable bonds is 3. The van der Waals surface area contributed by atoms with Crippen LogP contribution in [0.2, 0.25) is 0 Å². The fourth-order valence-corrected chi connectivity index (χ4v) is 2.60. The van der Waals surface area contributed by atoms with Crippen molar-refractivity contribution in [2.75, 3.05) is 26.2 Å². The summed E-state index contributed by atoms with van der Waals surface area (Å²) in [5.74, 6) is 0. The third-order valence-electron chi connectivity index (χ3n) is 3.62. The van der Waals surface area contributed by atoms with Crippen molar-refractivity contribution in [3.63, 3.8) is 0 Å². The van der Waals surface area contributed by atoms with Gasteiger partial charge in [-0.25, -0.2) is 4.58 Å². The molecule has 0 spiro atoms. The molecule has 0 unspecified atom stereocenters. The third-order valence-corrected chi connectivity index (χ3v) is 3.62. The molecule has 0 aromatic rings. The van der Waals surface area contributed by atoms with Gasteiger partial charge in [-0.1, -0.05) is 0 Å². The molecule has 2 heterocycles. The standard InChI is InChI=1S/C13H22N3O2/c17-16(18)13(11-14-7-3-1-4-8-14)12-15-9-5-2-6-10-15/h11-12H,1-10H2/q+1. The molecule has 0 bridgehead atoms. The Hall–Kier alpha value is -1.39. The predicted octanol–water partition coefficient (Wildman–Crippen LogP) is 1.86. The summed E-state index contributed by atoms with van der Waals surface area (Å²) in [6.45, 7) is 3.80. The van der Waals surface area contributed by atoms with Gasteiger partial charge in [0, 0.05) is 25.9 Å². The van der Waals surface area contributed by atoms with E-state index in [1.54, 1.807) is 12.4 Å². The fraction of sp³-hybridized carbons (Fsp3) is 0.769. The average Bonchev–Trinajstić information content (AvgIpc) is 2.40. The summed E-state index contributed by atoms with van der Waals surface area (Å²) in [7, 11) is 0. The first-order chi connectivity index (χ1) is 8.75. The molecule has 2 saturated heterocycles. The van der Waals surface area contributed by atoms with Crippen LogP contribution in [0.5, 0.6) is 0 Å². The van der Waals surface area contributed by atoms with Crippen LogP contribution in [-0.4, -0.2) is 46.8 Å². The van der Waals surface area contributed by atoms with Crippen LogP contribution in [0, 0.1) is 10.1 Å². The molecular formula is C13H22N3O2+. The number of hydrogen-bond acceptors (Lipinski definition) is 3. The van der Waals surface area contributed by atoms with Crippen molar-refractivity contribution in [3.05, 3.63) is 22.0 Å². The molecule has 2 fully saturated rings. The molecule has 0 N–H and O–H groups in total. The monoisotopic (exact) mass is 252 g/mol. The van der Waals surface area contributed by atoms with Crippen molar-refractivity contribution >= 4 is 6.21 Å². The topological polar surface area (TPSA) is 49.4 Å². The highest BCUT2D eigenvalue weighted by Crippen LogP contribution is 2.11. The molecule has 0 aliphatic carbocycles. The SMILES string of the molecule is O=[N+]([O-])/C(C=[N+]1CCCCC1)=C/N1CCCCC1. The lowest BCUT2D eigenvalue weighted by Gasteiger charge is -2.24. The lowest BCUT2D eigenvalue weighted by Crippen LogP contribution is -2.27. The van der Waals surface area contributed by atoms with Gasteiger partial charge in [0.15, 0.2) is 0 Å². The van der Waals surface area contributed by atoms with Crippen LogP contribution >= 0.6 is 0 Å². The van der Waals surface area contributed by atoms with Crippen LogP contribution in [0.1, 0.15) is 38.5 Å². The number of hydrogen-bond donors (Lipinski definition) is 0. The molecule has 0 amide bonds. The van der Waals surface area contributed by atoms with E-state index < -0.39 is 0 Å². The van der Waals surface area contributed by atoms with Gasteiger partial charge < -0.3 is 4.90 Å². The third kappa shape index (κ3) is 3.82.